The fraction of sp³-hybridized carbons (Fsp3) is 0.273. The number of thiazole rings is 1. The van der Waals surface area contributed by atoms with E-state index in [0.717, 1.165) is 15.7 Å². The zero-order valence-corrected chi connectivity index (χ0v) is 17.9. The van der Waals surface area contributed by atoms with Gasteiger partial charge < -0.3 is 10.4 Å². The van der Waals surface area contributed by atoms with Crippen molar-refractivity contribution >= 4 is 39.9 Å². The maximum absolute atomic E-state index is 12.8. The third-order valence-corrected chi connectivity index (χ3v) is 5.01. The smallest absolute Gasteiger partial charge is 0.408 e. The molecule has 0 radical (unpaired) electrons. The Morgan fingerprint density at radius 2 is 1.97 bits per heavy atom. The molecule has 1 unspecified atom stereocenters. The second kappa shape index (κ2) is 8.51. The fourth-order valence-electron chi connectivity index (χ4n) is 3.14. The number of amides is 2. The summed E-state index contributed by atoms with van der Waals surface area (Å²) in [6.07, 6.45) is -1.16. The first-order valence-electron chi connectivity index (χ1n) is 9.30. The van der Waals surface area contributed by atoms with Gasteiger partial charge in [-0.25, -0.2) is 14.8 Å². The minimum absolute atomic E-state index is 0.312. The second-order valence-corrected chi connectivity index (χ2v) is 8.41. The van der Waals surface area contributed by atoms with Crippen molar-refractivity contribution in [3.63, 3.8) is 0 Å². The Balaban J connectivity index is 1.94. The van der Waals surface area contributed by atoms with E-state index in [9.17, 15) is 14.7 Å². The highest BCUT2D eigenvalue weighted by Gasteiger charge is 2.34. The van der Waals surface area contributed by atoms with Crippen molar-refractivity contribution in [2.24, 2.45) is 0 Å². The van der Waals surface area contributed by atoms with E-state index in [2.05, 4.69) is 27.1 Å². The number of nitrogens with one attached hydrogen (secondary N) is 1. The van der Waals surface area contributed by atoms with E-state index < -0.39 is 23.6 Å². The van der Waals surface area contributed by atoms with Gasteiger partial charge in [-0.3, -0.25) is 9.69 Å². The van der Waals surface area contributed by atoms with Crippen LogP contribution in [-0.4, -0.2) is 43.6 Å². The van der Waals surface area contributed by atoms with Gasteiger partial charge in [-0.1, -0.05) is 24.3 Å². The summed E-state index contributed by atoms with van der Waals surface area (Å²) >= 11 is 1.46. The summed E-state index contributed by atoms with van der Waals surface area (Å²) in [5, 5.41) is 15.8. The summed E-state index contributed by atoms with van der Waals surface area (Å²) in [7, 11) is 0. The van der Waals surface area contributed by atoms with Crippen molar-refractivity contribution < 1.29 is 14.7 Å². The Labute approximate surface area is 178 Å². The molecule has 2 amide bonds. The molecule has 2 heterocycles. The first kappa shape index (κ1) is 21.3. The molecule has 2 aromatic heterocycles. The van der Waals surface area contributed by atoms with Gasteiger partial charge in [-0.2, -0.15) is 0 Å². The van der Waals surface area contributed by atoms with Crippen molar-refractivity contribution in [1.82, 2.24) is 14.9 Å². The molecule has 0 fully saturated rings. The molecular weight excluding hydrogens is 400 g/mol. The molecule has 0 aliphatic heterocycles. The van der Waals surface area contributed by atoms with Gasteiger partial charge in [0, 0.05) is 16.3 Å². The van der Waals surface area contributed by atoms with Crippen molar-refractivity contribution in [2.75, 3.05) is 5.32 Å². The number of pyridine rings is 1. The Morgan fingerprint density at radius 3 is 2.60 bits per heavy atom. The molecule has 0 saturated carbocycles. The van der Waals surface area contributed by atoms with Gasteiger partial charge in [-0.15, -0.1) is 11.3 Å². The third-order valence-electron chi connectivity index (χ3n) is 4.43. The number of anilines is 1. The molecule has 3 aromatic rings. The Kier molecular flexibility index (Phi) is 6.04. The number of fused-ring (bicyclic) bond motifs is 1. The highest BCUT2D eigenvalue weighted by Crippen LogP contribution is 2.22. The standard InChI is InChI=1S/C22H22N4O3S/c1-14(26(21(28)29)22(2,3)4)20(27)25-19-11-15-7-5-6-8-17(15)18(24-19)10-9-16-12-30-13-23-16/h5-8,11-14H,1-4H3,(H,28,29)(H,24,25,27). The van der Waals surface area contributed by atoms with E-state index in [1.54, 1.807) is 39.3 Å². The van der Waals surface area contributed by atoms with Crippen LogP contribution in [0.25, 0.3) is 10.8 Å². The van der Waals surface area contributed by atoms with E-state index >= 15 is 0 Å². The quantitative estimate of drug-likeness (QED) is 0.617. The molecule has 7 nitrogen and oxygen atoms in total. The number of rotatable bonds is 3. The minimum Gasteiger partial charge on any atom is -0.465 e. The van der Waals surface area contributed by atoms with Crippen molar-refractivity contribution in [3.05, 3.63) is 52.6 Å². The molecule has 30 heavy (non-hydrogen) atoms. The van der Waals surface area contributed by atoms with Gasteiger partial charge in [0.05, 0.1) is 5.51 Å². The van der Waals surface area contributed by atoms with Crippen LogP contribution in [0, 0.1) is 11.8 Å². The lowest BCUT2D eigenvalue weighted by Gasteiger charge is -2.37. The van der Waals surface area contributed by atoms with Crippen LogP contribution in [0.5, 0.6) is 0 Å². The molecule has 3 rings (SSSR count). The number of nitrogens with zero attached hydrogens (tertiary/aromatic N) is 3. The predicted octanol–water partition coefficient (Wildman–Crippen LogP) is 4.20. The van der Waals surface area contributed by atoms with Gasteiger partial charge in [0.25, 0.3) is 0 Å². The highest BCUT2D eigenvalue weighted by atomic mass is 32.1. The SMILES string of the molecule is CC(C(=O)Nc1cc2ccccc2c(C#Cc2cscn2)n1)N(C(=O)O)C(C)(C)C. The lowest BCUT2D eigenvalue weighted by Crippen LogP contribution is -2.54. The number of carbonyl (C=O) groups is 2. The van der Waals surface area contributed by atoms with E-state index in [0.29, 0.717) is 17.2 Å². The van der Waals surface area contributed by atoms with Gasteiger partial charge in [0.15, 0.2) is 0 Å². The normalized spacial score (nSPS) is 12.0. The zero-order valence-electron chi connectivity index (χ0n) is 17.1. The van der Waals surface area contributed by atoms with Crippen LogP contribution < -0.4 is 5.32 Å². The Hall–Kier alpha value is -3.44. The minimum atomic E-state index is -1.16. The molecule has 8 heteroatoms. The van der Waals surface area contributed by atoms with Crippen LogP contribution in [0.4, 0.5) is 10.6 Å². The van der Waals surface area contributed by atoms with Crippen LogP contribution in [0.2, 0.25) is 0 Å². The highest BCUT2D eigenvalue weighted by molar-refractivity contribution is 7.07. The van der Waals surface area contributed by atoms with E-state index in [4.69, 9.17) is 0 Å². The summed E-state index contributed by atoms with van der Waals surface area (Å²) in [6.45, 7) is 6.78. The van der Waals surface area contributed by atoms with Gasteiger partial charge in [0.2, 0.25) is 5.91 Å². The summed E-state index contributed by atoms with van der Waals surface area (Å²) in [5.41, 5.74) is 2.13. The van der Waals surface area contributed by atoms with Crippen LogP contribution in [0.1, 0.15) is 39.1 Å². The maximum atomic E-state index is 12.8. The number of carbonyl (C=O) groups excluding carboxylic acids is 1. The summed E-state index contributed by atoms with van der Waals surface area (Å²) in [5.74, 6) is 5.85. The topological polar surface area (TPSA) is 95.4 Å². The van der Waals surface area contributed by atoms with Crippen LogP contribution in [-0.2, 0) is 4.79 Å². The number of benzene rings is 1. The second-order valence-electron chi connectivity index (χ2n) is 7.69. The first-order chi connectivity index (χ1) is 14.2. The zero-order chi connectivity index (χ0) is 21.9. The molecule has 1 atom stereocenters. The molecule has 0 aliphatic rings. The molecule has 0 bridgehead atoms. The van der Waals surface area contributed by atoms with Crippen molar-refractivity contribution in [2.45, 2.75) is 39.3 Å². The molecule has 2 N–H and O–H groups in total. The van der Waals surface area contributed by atoms with E-state index in [-0.39, 0.29) is 0 Å². The number of aromatic nitrogens is 2. The first-order valence-corrected chi connectivity index (χ1v) is 10.2. The van der Waals surface area contributed by atoms with Crippen LogP contribution >= 0.6 is 11.3 Å². The fourth-order valence-corrected chi connectivity index (χ4v) is 3.62. The monoisotopic (exact) mass is 422 g/mol. The van der Waals surface area contributed by atoms with Gasteiger partial charge in [0.1, 0.15) is 23.2 Å². The average Bonchev–Trinajstić information content (AvgIpc) is 3.18. The van der Waals surface area contributed by atoms with Crippen molar-refractivity contribution in [1.29, 1.82) is 0 Å². The van der Waals surface area contributed by atoms with Gasteiger partial charge in [-0.05, 0) is 51.0 Å². The summed E-state index contributed by atoms with van der Waals surface area (Å²) in [6, 6.07) is 8.44. The number of hydrogen-bond donors (Lipinski definition) is 2. The van der Waals surface area contributed by atoms with E-state index in [1.165, 1.54) is 11.3 Å². The summed E-state index contributed by atoms with van der Waals surface area (Å²) in [4.78, 5) is 34.2. The average molecular weight is 423 g/mol. The molecule has 0 saturated heterocycles. The maximum Gasteiger partial charge on any atom is 0.408 e. The molecule has 154 valence electrons. The molecular formula is C22H22N4O3S. The molecule has 0 spiro atoms. The van der Waals surface area contributed by atoms with Crippen molar-refractivity contribution in [3.8, 4) is 11.8 Å². The lowest BCUT2D eigenvalue weighted by molar-refractivity contribution is -0.121. The number of hydrogen-bond acceptors (Lipinski definition) is 5. The predicted molar refractivity (Wildman–Crippen MR) is 118 cm³/mol. The van der Waals surface area contributed by atoms with E-state index in [1.807, 2.05) is 29.6 Å². The van der Waals surface area contributed by atoms with Crippen LogP contribution in [0.3, 0.4) is 0 Å². The van der Waals surface area contributed by atoms with Crippen LogP contribution in [0.15, 0.2) is 41.2 Å². The third kappa shape index (κ3) is 4.75. The van der Waals surface area contributed by atoms with Gasteiger partial charge >= 0.3 is 6.09 Å². The summed E-state index contributed by atoms with van der Waals surface area (Å²) < 4.78 is 0. The molecule has 1 aromatic carbocycles. The Morgan fingerprint density at radius 1 is 1.23 bits per heavy atom. The number of carboxylic acid groups (broad SMARTS) is 1. The Bertz CT molecular complexity index is 1140. The molecule has 0 aliphatic carbocycles. The largest absolute Gasteiger partial charge is 0.465 e. The lowest BCUT2D eigenvalue weighted by atomic mass is 10.0.